The molecule has 0 aliphatic heterocycles. The fourth-order valence-corrected chi connectivity index (χ4v) is 0.336. The first-order valence-electron chi connectivity index (χ1n) is 2.84. The molecular formula is C6H10N2O. The van der Waals surface area contributed by atoms with Crippen LogP contribution in [-0.4, -0.2) is 12.5 Å². The molecule has 0 saturated carbocycles. The maximum absolute atomic E-state index is 10.2. The molecule has 0 fully saturated rings. The van der Waals surface area contributed by atoms with Crippen molar-refractivity contribution in [1.82, 2.24) is 5.32 Å². The number of nitrogens with zero attached hydrogens (tertiary/aromatic N) is 1. The molecule has 0 bridgehead atoms. The summed E-state index contributed by atoms with van der Waals surface area (Å²) >= 11 is 0. The molecule has 1 N–H and O–H groups in total. The summed E-state index contributed by atoms with van der Waals surface area (Å²) < 4.78 is 0. The lowest BCUT2D eigenvalue weighted by Gasteiger charge is -2.01. The van der Waals surface area contributed by atoms with Crippen molar-refractivity contribution in [1.29, 1.82) is 5.26 Å². The monoisotopic (exact) mass is 126 g/mol. The molecule has 50 valence electrons. The molecule has 9 heavy (non-hydrogen) atoms. The summed E-state index contributed by atoms with van der Waals surface area (Å²) in [6, 6.07) is 1.47. The van der Waals surface area contributed by atoms with Gasteiger partial charge in [0.1, 0.15) is 0 Å². The van der Waals surface area contributed by atoms with Gasteiger partial charge in [-0.05, 0) is 5.92 Å². The maximum Gasteiger partial charge on any atom is 0.322 e. The molecule has 0 rings (SSSR count). The molecular weight excluding hydrogens is 116 g/mol. The van der Waals surface area contributed by atoms with Gasteiger partial charge in [-0.3, -0.25) is 4.79 Å². The molecule has 0 saturated heterocycles. The Morgan fingerprint density at radius 1 is 1.78 bits per heavy atom. The molecule has 0 radical (unpaired) electrons. The summed E-state index contributed by atoms with van der Waals surface area (Å²) in [5.74, 6) is -0.147. The number of carbonyl (C=O) groups excluding carboxylic acids is 1. The fourth-order valence-electron chi connectivity index (χ4n) is 0.336. The van der Waals surface area contributed by atoms with E-state index in [0.29, 0.717) is 12.5 Å². The van der Waals surface area contributed by atoms with Gasteiger partial charge in [0.2, 0.25) is 0 Å². The lowest BCUT2D eigenvalue weighted by Crippen LogP contribution is -2.25. The van der Waals surface area contributed by atoms with Crippen LogP contribution in [0.5, 0.6) is 0 Å². The van der Waals surface area contributed by atoms with Gasteiger partial charge in [-0.2, -0.15) is 5.26 Å². The van der Waals surface area contributed by atoms with E-state index >= 15 is 0 Å². The average molecular weight is 126 g/mol. The Morgan fingerprint density at radius 3 is 2.67 bits per heavy atom. The minimum atomic E-state index is -0.552. The Morgan fingerprint density at radius 2 is 2.33 bits per heavy atom. The molecule has 0 aromatic carbocycles. The van der Waals surface area contributed by atoms with E-state index in [1.807, 2.05) is 13.8 Å². The molecule has 0 unspecified atom stereocenters. The fraction of sp³-hybridized carbons (Fsp3) is 0.667. The first-order chi connectivity index (χ1) is 4.16. The van der Waals surface area contributed by atoms with Gasteiger partial charge in [0.05, 0.1) is 0 Å². The lowest BCUT2D eigenvalue weighted by atomic mass is 10.2. The first-order valence-corrected chi connectivity index (χ1v) is 2.84. The van der Waals surface area contributed by atoms with Crippen LogP contribution in [0.2, 0.25) is 0 Å². The summed E-state index contributed by atoms with van der Waals surface area (Å²) in [5.41, 5.74) is 0. The molecule has 0 aliphatic carbocycles. The third kappa shape index (κ3) is 4.82. The van der Waals surface area contributed by atoms with Crippen molar-refractivity contribution in [3.63, 3.8) is 0 Å². The van der Waals surface area contributed by atoms with Crippen LogP contribution in [0, 0.1) is 17.2 Å². The van der Waals surface area contributed by atoms with Crippen LogP contribution in [0.1, 0.15) is 13.8 Å². The van der Waals surface area contributed by atoms with E-state index < -0.39 is 5.91 Å². The van der Waals surface area contributed by atoms with Crippen LogP contribution in [0.4, 0.5) is 0 Å². The van der Waals surface area contributed by atoms with Crippen molar-refractivity contribution in [3.8, 4) is 6.07 Å². The van der Waals surface area contributed by atoms with Crippen LogP contribution in [-0.2, 0) is 4.79 Å². The molecule has 0 heterocycles. The van der Waals surface area contributed by atoms with Gasteiger partial charge in [-0.1, -0.05) is 13.8 Å². The predicted octanol–water partition coefficient (Wildman–Crippen LogP) is 0.282. The number of hydrogen-bond donors (Lipinski definition) is 1. The third-order valence-corrected chi connectivity index (χ3v) is 0.772. The van der Waals surface area contributed by atoms with Crippen molar-refractivity contribution in [2.24, 2.45) is 5.92 Å². The van der Waals surface area contributed by atoms with Gasteiger partial charge in [-0.25, -0.2) is 0 Å². The predicted molar refractivity (Wildman–Crippen MR) is 33.5 cm³/mol. The summed E-state index contributed by atoms with van der Waals surface area (Å²) in [5, 5.41) is 10.4. The zero-order valence-electron chi connectivity index (χ0n) is 5.64. The first kappa shape index (κ1) is 7.96. The van der Waals surface area contributed by atoms with Crippen LogP contribution in [0.3, 0.4) is 0 Å². The Balaban J connectivity index is 3.31. The largest absolute Gasteiger partial charge is 0.343 e. The summed E-state index contributed by atoms with van der Waals surface area (Å²) in [6.07, 6.45) is 0. The second-order valence-electron chi connectivity index (χ2n) is 2.22. The van der Waals surface area contributed by atoms with E-state index in [1.165, 1.54) is 6.07 Å². The van der Waals surface area contributed by atoms with E-state index in [2.05, 4.69) is 5.32 Å². The zero-order valence-corrected chi connectivity index (χ0v) is 5.64. The number of rotatable bonds is 2. The standard InChI is InChI=1S/C6H10N2O/c1-5(2)4-8-6(9)3-7/h5H,4H2,1-2H3,(H,8,9). The van der Waals surface area contributed by atoms with E-state index in [4.69, 9.17) is 5.26 Å². The molecule has 0 aliphatic rings. The van der Waals surface area contributed by atoms with Crippen LogP contribution >= 0.6 is 0 Å². The lowest BCUT2D eigenvalue weighted by molar-refractivity contribution is -0.116. The molecule has 0 atom stereocenters. The van der Waals surface area contributed by atoms with E-state index in [9.17, 15) is 4.79 Å². The highest BCUT2D eigenvalue weighted by molar-refractivity contribution is 5.91. The molecule has 0 aromatic heterocycles. The van der Waals surface area contributed by atoms with Gasteiger partial charge in [0, 0.05) is 6.54 Å². The minimum absolute atomic E-state index is 0.405. The van der Waals surface area contributed by atoms with Gasteiger partial charge < -0.3 is 5.32 Å². The Bertz CT molecular complexity index is 134. The van der Waals surface area contributed by atoms with E-state index in [0.717, 1.165) is 0 Å². The third-order valence-electron chi connectivity index (χ3n) is 0.772. The van der Waals surface area contributed by atoms with Gasteiger partial charge in [-0.15, -0.1) is 0 Å². The molecule has 0 aromatic rings. The van der Waals surface area contributed by atoms with Gasteiger partial charge >= 0.3 is 5.91 Å². The second-order valence-corrected chi connectivity index (χ2v) is 2.22. The van der Waals surface area contributed by atoms with Crippen molar-refractivity contribution in [2.75, 3.05) is 6.54 Å². The van der Waals surface area contributed by atoms with Gasteiger partial charge in [0.25, 0.3) is 0 Å². The van der Waals surface area contributed by atoms with E-state index in [-0.39, 0.29) is 0 Å². The van der Waals surface area contributed by atoms with Crippen molar-refractivity contribution >= 4 is 5.91 Å². The quantitative estimate of drug-likeness (QED) is 0.540. The van der Waals surface area contributed by atoms with E-state index in [1.54, 1.807) is 0 Å². The number of nitriles is 1. The summed E-state index contributed by atoms with van der Waals surface area (Å²) in [4.78, 5) is 10.2. The Kier molecular flexibility index (Phi) is 3.45. The zero-order chi connectivity index (χ0) is 7.28. The summed E-state index contributed by atoms with van der Waals surface area (Å²) in [6.45, 7) is 4.52. The number of carbonyl (C=O) groups is 1. The topological polar surface area (TPSA) is 52.9 Å². The summed E-state index contributed by atoms with van der Waals surface area (Å²) in [7, 11) is 0. The van der Waals surface area contributed by atoms with Crippen molar-refractivity contribution < 1.29 is 4.79 Å². The average Bonchev–Trinajstić information content (AvgIpc) is 1.83. The van der Waals surface area contributed by atoms with Crippen LogP contribution < -0.4 is 5.32 Å². The van der Waals surface area contributed by atoms with Gasteiger partial charge in [0.15, 0.2) is 6.07 Å². The van der Waals surface area contributed by atoms with Crippen molar-refractivity contribution in [2.45, 2.75) is 13.8 Å². The van der Waals surface area contributed by atoms with Crippen molar-refractivity contribution in [3.05, 3.63) is 0 Å². The normalized spacial score (nSPS) is 8.67. The highest BCUT2D eigenvalue weighted by Gasteiger charge is 1.97. The Hall–Kier alpha value is -1.04. The smallest absolute Gasteiger partial charge is 0.322 e. The highest BCUT2D eigenvalue weighted by Crippen LogP contribution is 1.85. The molecule has 0 spiro atoms. The number of nitrogens with one attached hydrogen (secondary N) is 1. The maximum atomic E-state index is 10.2. The van der Waals surface area contributed by atoms with Crippen LogP contribution in [0.25, 0.3) is 0 Å². The Labute approximate surface area is 54.7 Å². The number of amides is 1. The molecule has 3 nitrogen and oxygen atoms in total. The van der Waals surface area contributed by atoms with Crippen LogP contribution in [0.15, 0.2) is 0 Å². The highest BCUT2D eigenvalue weighted by atomic mass is 16.1. The minimum Gasteiger partial charge on any atom is -0.343 e. The molecule has 1 amide bonds. The second kappa shape index (κ2) is 3.90. The molecule has 3 heteroatoms. The SMILES string of the molecule is CC(C)CNC(=O)C#N. The number of hydrogen-bond acceptors (Lipinski definition) is 2.